The summed E-state index contributed by atoms with van der Waals surface area (Å²) in [5.74, 6) is 0.884. The van der Waals surface area contributed by atoms with Crippen LogP contribution in [0.3, 0.4) is 0 Å². The van der Waals surface area contributed by atoms with E-state index in [4.69, 9.17) is 4.74 Å². The predicted octanol–water partition coefficient (Wildman–Crippen LogP) is 3.63. The largest absolute Gasteiger partial charge is 0.487 e. The summed E-state index contributed by atoms with van der Waals surface area (Å²) in [6.07, 6.45) is 0.950. The predicted molar refractivity (Wildman–Crippen MR) is 75.8 cm³/mol. The first-order valence-corrected chi connectivity index (χ1v) is 6.80. The molecule has 0 saturated heterocycles. The van der Waals surface area contributed by atoms with E-state index in [1.165, 1.54) is 5.56 Å². The molecule has 1 heterocycles. The summed E-state index contributed by atoms with van der Waals surface area (Å²) in [5.41, 5.74) is 3.36. The third kappa shape index (κ3) is 2.93. The van der Waals surface area contributed by atoms with Gasteiger partial charge < -0.3 is 4.74 Å². The van der Waals surface area contributed by atoms with Gasteiger partial charge in [-0.05, 0) is 43.2 Å². The molecule has 2 aromatic rings. The molecule has 0 spiro atoms. The molecular formula is C14H17BrN2O. The van der Waals surface area contributed by atoms with Gasteiger partial charge in [-0.15, -0.1) is 0 Å². The van der Waals surface area contributed by atoms with Gasteiger partial charge in [-0.3, -0.25) is 4.68 Å². The van der Waals surface area contributed by atoms with Crippen molar-refractivity contribution >= 4 is 15.9 Å². The highest BCUT2D eigenvalue weighted by molar-refractivity contribution is 9.10. The number of benzene rings is 1. The van der Waals surface area contributed by atoms with Crippen molar-refractivity contribution in [2.45, 2.75) is 26.9 Å². The maximum Gasteiger partial charge on any atom is 0.130 e. The molecule has 1 aromatic carbocycles. The number of ether oxygens (including phenoxy) is 1. The zero-order chi connectivity index (χ0) is 13.1. The molecule has 0 bridgehead atoms. The minimum absolute atomic E-state index is 0.546. The summed E-state index contributed by atoms with van der Waals surface area (Å²) in [7, 11) is 1.95. The second-order valence-corrected chi connectivity index (χ2v) is 5.16. The summed E-state index contributed by atoms with van der Waals surface area (Å²) >= 11 is 3.48. The van der Waals surface area contributed by atoms with Crippen molar-refractivity contribution in [2.24, 2.45) is 7.05 Å². The Balaban J connectivity index is 2.06. The highest BCUT2D eigenvalue weighted by Crippen LogP contribution is 2.22. The number of rotatable bonds is 4. The van der Waals surface area contributed by atoms with E-state index in [0.29, 0.717) is 6.61 Å². The van der Waals surface area contributed by atoms with Gasteiger partial charge in [-0.2, -0.15) is 5.10 Å². The molecule has 2 rings (SSSR count). The van der Waals surface area contributed by atoms with Gasteiger partial charge in [0.15, 0.2) is 0 Å². The summed E-state index contributed by atoms with van der Waals surface area (Å²) < 4.78 is 8.76. The third-order valence-corrected chi connectivity index (χ3v) is 3.80. The second-order valence-electron chi connectivity index (χ2n) is 4.30. The van der Waals surface area contributed by atoms with Gasteiger partial charge in [0.25, 0.3) is 0 Å². The first-order chi connectivity index (χ1) is 8.60. The van der Waals surface area contributed by atoms with Crippen molar-refractivity contribution in [2.75, 3.05) is 0 Å². The average molecular weight is 309 g/mol. The number of halogens is 1. The minimum Gasteiger partial charge on any atom is -0.487 e. The lowest BCUT2D eigenvalue weighted by molar-refractivity contribution is 0.294. The van der Waals surface area contributed by atoms with Crippen molar-refractivity contribution < 1.29 is 4.74 Å². The fourth-order valence-corrected chi connectivity index (χ4v) is 1.99. The molecular weight excluding hydrogens is 292 g/mol. The van der Waals surface area contributed by atoms with Crippen molar-refractivity contribution in [1.82, 2.24) is 9.78 Å². The van der Waals surface area contributed by atoms with Gasteiger partial charge in [0.05, 0.1) is 11.4 Å². The Hall–Kier alpha value is -1.29. The third-order valence-electron chi connectivity index (χ3n) is 2.91. The lowest BCUT2D eigenvalue weighted by Crippen LogP contribution is -2.03. The molecule has 3 nitrogen and oxygen atoms in total. The van der Waals surface area contributed by atoms with Crippen molar-refractivity contribution in [3.8, 4) is 5.75 Å². The fourth-order valence-electron chi connectivity index (χ4n) is 1.74. The first-order valence-electron chi connectivity index (χ1n) is 6.01. The van der Waals surface area contributed by atoms with Gasteiger partial charge in [0.2, 0.25) is 0 Å². The van der Waals surface area contributed by atoms with Crippen LogP contribution >= 0.6 is 15.9 Å². The van der Waals surface area contributed by atoms with Gasteiger partial charge in [-0.25, -0.2) is 0 Å². The minimum atomic E-state index is 0.546. The maximum absolute atomic E-state index is 5.78. The smallest absolute Gasteiger partial charge is 0.130 e. The van der Waals surface area contributed by atoms with Crippen LogP contribution in [0, 0.1) is 6.92 Å². The van der Waals surface area contributed by atoms with Crippen molar-refractivity contribution in [3.05, 3.63) is 45.7 Å². The van der Waals surface area contributed by atoms with E-state index in [1.54, 1.807) is 0 Å². The lowest BCUT2D eigenvalue weighted by Gasteiger charge is -2.07. The average Bonchev–Trinajstić information content (AvgIpc) is 2.72. The van der Waals surface area contributed by atoms with Crippen molar-refractivity contribution in [1.29, 1.82) is 0 Å². The molecule has 1 aromatic heterocycles. The maximum atomic E-state index is 5.78. The van der Waals surface area contributed by atoms with E-state index < -0.39 is 0 Å². The Labute approximate surface area is 116 Å². The Bertz CT molecular complexity index is 549. The Morgan fingerprint density at radius 2 is 2.11 bits per heavy atom. The number of nitrogens with zero attached hydrogens (tertiary/aromatic N) is 2. The number of aromatic nitrogens is 2. The van der Waals surface area contributed by atoms with Crippen LogP contribution in [0.2, 0.25) is 0 Å². The molecule has 0 amide bonds. The molecule has 0 unspecified atom stereocenters. The summed E-state index contributed by atoms with van der Waals surface area (Å²) in [5, 5.41) is 4.40. The van der Waals surface area contributed by atoms with Crippen molar-refractivity contribution in [3.63, 3.8) is 0 Å². The van der Waals surface area contributed by atoms with E-state index >= 15 is 0 Å². The highest BCUT2D eigenvalue weighted by Gasteiger charge is 2.05. The Kier molecular flexibility index (Phi) is 4.07. The van der Waals surface area contributed by atoms with Crippen LogP contribution in [0.15, 0.2) is 28.7 Å². The normalized spacial score (nSPS) is 10.7. The van der Waals surface area contributed by atoms with Gasteiger partial charge in [-0.1, -0.05) is 22.9 Å². The zero-order valence-electron chi connectivity index (χ0n) is 10.9. The summed E-state index contributed by atoms with van der Waals surface area (Å²) in [6.45, 7) is 4.70. The van der Waals surface area contributed by atoms with E-state index in [-0.39, 0.29) is 0 Å². The van der Waals surface area contributed by atoms with E-state index in [9.17, 15) is 0 Å². The van der Waals surface area contributed by atoms with Gasteiger partial charge in [0, 0.05) is 11.5 Å². The standard InChI is InChI=1S/C14H17BrN2O/c1-4-11-8-12(17(3)16-11)9-18-13-5-6-14(15)10(2)7-13/h5-8H,4,9H2,1-3H3. The first kappa shape index (κ1) is 13.1. The molecule has 4 heteroatoms. The molecule has 18 heavy (non-hydrogen) atoms. The fraction of sp³-hybridized carbons (Fsp3) is 0.357. The van der Waals surface area contributed by atoms with Crippen LogP contribution < -0.4 is 4.74 Å². The quantitative estimate of drug-likeness (QED) is 0.862. The van der Waals surface area contributed by atoms with Crippen LogP contribution in [-0.4, -0.2) is 9.78 Å². The molecule has 0 radical (unpaired) electrons. The molecule has 0 N–H and O–H groups in total. The van der Waals surface area contributed by atoms with Gasteiger partial charge in [0.1, 0.15) is 12.4 Å². The van der Waals surface area contributed by atoms with Crippen LogP contribution in [0.5, 0.6) is 5.75 Å². The number of aryl methyl sites for hydroxylation is 3. The molecule has 0 aliphatic heterocycles. The second kappa shape index (κ2) is 5.57. The SMILES string of the molecule is CCc1cc(COc2ccc(Br)c(C)c2)n(C)n1. The number of hydrogen-bond acceptors (Lipinski definition) is 2. The van der Waals surface area contributed by atoms with Crippen LogP contribution in [-0.2, 0) is 20.1 Å². The summed E-state index contributed by atoms with van der Waals surface area (Å²) in [6, 6.07) is 8.09. The topological polar surface area (TPSA) is 27.1 Å². The van der Waals surface area contributed by atoms with E-state index in [0.717, 1.165) is 28.0 Å². The lowest BCUT2D eigenvalue weighted by atomic mass is 10.2. The molecule has 96 valence electrons. The number of hydrogen-bond donors (Lipinski definition) is 0. The molecule has 0 aliphatic rings. The zero-order valence-corrected chi connectivity index (χ0v) is 12.5. The molecule has 0 aliphatic carbocycles. The molecule has 0 saturated carbocycles. The van der Waals surface area contributed by atoms with Gasteiger partial charge >= 0.3 is 0 Å². The Morgan fingerprint density at radius 1 is 1.33 bits per heavy atom. The Morgan fingerprint density at radius 3 is 2.72 bits per heavy atom. The van der Waals surface area contributed by atoms with E-state index in [2.05, 4.69) is 40.9 Å². The molecule has 0 atom stereocenters. The summed E-state index contributed by atoms with van der Waals surface area (Å²) in [4.78, 5) is 0. The van der Waals surface area contributed by atoms with Crippen LogP contribution in [0.1, 0.15) is 23.9 Å². The van der Waals surface area contributed by atoms with Crippen LogP contribution in [0.25, 0.3) is 0 Å². The van der Waals surface area contributed by atoms with Crippen LogP contribution in [0.4, 0.5) is 0 Å². The van der Waals surface area contributed by atoms with E-state index in [1.807, 2.05) is 29.9 Å². The molecule has 0 fully saturated rings. The monoisotopic (exact) mass is 308 g/mol. The highest BCUT2D eigenvalue weighted by atomic mass is 79.9.